The smallest absolute Gasteiger partial charge is 0.321 e. The molecule has 3 amide bonds. The SMILES string of the molecule is CC1c2cc3c(cc2C2(CCCC2)CN1CC(=O)NC(=O)NC1CCCC1)OCCO3. The molecule has 2 heterocycles. The lowest BCUT2D eigenvalue weighted by Gasteiger charge is -2.46. The first-order valence-corrected chi connectivity index (χ1v) is 11.8. The Hall–Kier alpha value is -2.28. The first kappa shape index (κ1) is 20.6. The van der Waals surface area contributed by atoms with Crippen molar-refractivity contribution < 1.29 is 19.1 Å². The van der Waals surface area contributed by atoms with Crippen molar-refractivity contribution in [2.45, 2.75) is 75.8 Å². The Morgan fingerprint density at radius 3 is 2.45 bits per heavy atom. The number of hydrogen-bond acceptors (Lipinski definition) is 5. The normalized spacial score (nSPS) is 24.7. The van der Waals surface area contributed by atoms with Crippen molar-refractivity contribution in [2.24, 2.45) is 0 Å². The minimum atomic E-state index is -0.364. The standard InChI is InChI=1S/C24H33N3O4/c1-16-18-12-20-21(31-11-10-30-20)13-19(18)24(8-4-5-9-24)15-27(16)14-22(28)26-23(29)25-17-6-2-3-7-17/h12-13,16-17H,2-11,14-15H2,1H3,(H2,25,26,28,29). The van der Waals surface area contributed by atoms with Crippen molar-refractivity contribution in [2.75, 3.05) is 26.3 Å². The van der Waals surface area contributed by atoms with Crippen LogP contribution in [0.25, 0.3) is 0 Å². The topological polar surface area (TPSA) is 79.9 Å². The van der Waals surface area contributed by atoms with Gasteiger partial charge in [-0.3, -0.25) is 15.0 Å². The highest BCUT2D eigenvalue weighted by molar-refractivity contribution is 5.95. The van der Waals surface area contributed by atoms with Gasteiger partial charge in [-0.15, -0.1) is 0 Å². The summed E-state index contributed by atoms with van der Waals surface area (Å²) in [5.41, 5.74) is 2.63. The fraction of sp³-hybridized carbons (Fsp3) is 0.667. The summed E-state index contributed by atoms with van der Waals surface area (Å²) in [6.45, 7) is 4.34. The summed E-state index contributed by atoms with van der Waals surface area (Å²) < 4.78 is 11.7. The molecule has 168 valence electrons. The first-order valence-electron chi connectivity index (χ1n) is 11.8. The molecule has 2 N–H and O–H groups in total. The lowest BCUT2D eigenvalue weighted by molar-refractivity contribution is -0.122. The third kappa shape index (κ3) is 4.00. The summed E-state index contributed by atoms with van der Waals surface area (Å²) >= 11 is 0. The quantitative estimate of drug-likeness (QED) is 0.773. The summed E-state index contributed by atoms with van der Waals surface area (Å²) in [5.74, 6) is 1.40. The van der Waals surface area contributed by atoms with E-state index in [4.69, 9.17) is 9.47 Å². The molecule has 1 aromatic carbocycles. The van der Waals surface area contributed by atoms with Crippen LogP contribution in [0.1, 0.15) is 75.5 Å². The van der Waals surface area contributed by atoms with Crippen LogP contribution in [-0.4, -0.2) is 49.2 Å². The van der Waals surface area contributed by atoms with Crippen molar-refractivity contribution in [1.82, 2.24) is 15.5 Å². The van der Waals surface area contributed by atoms with Gasteiger partial charge in [0, 0.05) is 24.0 Å². The van der Waals surface area contributed by atoms with Gasteiger partial charge in [0.2, 0.25) is 5.91 Å². The van der Waals surface area contributed by atoms with Crippen LogP contribution >= 0.6 is 0 Å². The molecule has 4 aliphatic rings. The third-order valence-electron chi connectivity index (χ3n) is 7.64. The second-order valence-corrected chi connectivity index (χ2v) is 9.65. The zero-order valence-electron chi connectivity index (χ0n) is 18.4. The highest BCUT2D eigenvalue weighted by Crippen LogP contribution is 2.51. The van der Waals surface area contributed by atoms with E-state index >= 15 is 0 Å². The zero-order valence-corrected chi connectivity index (χ0v) is 18.4. The number of imide groups is 1. The van der Waals surface area contributed by atoms with Gasteiger partial charge < -0.3 is 14.8 Å². The van der Waals surface area contributed by atoms with Crippen LogP contribution in [0, 0.1) is 0 Å². The molecule has 2 saturated carbocycles. The molecular formula is C24H33N3O4. The fourth-order valence-corrected chi connectivity index (χ4v) is 6.03. The fourth-order valence-electron chi connectivity index (χ4n) is 6.03. The number of benzene rings is 1. The number of urea groups is 1. The molecule has 1 unspecified atom stereocenters. The second kappa shape index (κ2) is 8.34. The van der Waals surface area contributed by atoms with Crippen LogP contribution in [0.4, 0.5) is 4.79 Å². The van der Waals surface area contributed by atoms with E-state index in [1.165, 1.54) is 24.0 Å². The summed E-state index contributed by atoms with van der Waals surface area (Å²) in [6, 6.07) is 4.21. The van der Waals surface area contributed by atoms with E-state index in [0.717, 1.165) is 56.6 Å². The molecule has 5 rings (SSSR count). The minimum Gasteiger partial charge on any atom is -0.486 e. The van der Waals surface area contributed by atoms with Gasteiger partial charge in [0.15, 0.2) is 11.5 Å². The Labute approximate surface area is 183 Å². The van der Waals surface area contributed by atoms with Gasteiger partial charge in [-0.25, -0.2) is 4.79 Å². The maximum atomic E-state index is 12.7. The molecule has 0 bridgehead atoms. The average molecular weight is 428 g/mol. The summed E-state index contributed by atoms with van der Waals surface area (Å²) in [4.78, 5) is 27.2. The van der Waals surface area contributed by atoms with Crippen molar-refractivity contribution in [3.8, 4) is 11.5 Å². The predicted octanol–water partition coefficient (Wildman–Crippen LogP) is 3.41. The molecular weight excluding hydrogens is 394 g/mol. The molecule has 2 aliphatic heterocycles. The van der Waals surface area contributed by atoms with Crippen LogP contribution in [0.3, 0.4) is 0 Å². The molecule has 7 heteroatoms. The lowest BCUT2D eigenvalue weighted by Crippen LogP contribution is -2.51. The number of rotatable bonds is 3. The van der Waals surface area contributed by atoms with Gasteiger partial charge >= 0.3 is 6.03 Å². The molecule has 1 aromatic rings. The number of hydrogen-bond donors (Lipinski definition) is 2. The van der Waals surface area contributed by atoms with Gasteiger partial charge in [-0.1, -0.05) is 25.7 Å². The highest BCUT2D eigenvalue weighted by atomic mass is 16.6. The second-order valence-electron chi connectivity index (χ2n) is 9.65. The van der Waals surface area contributed by atoms with Crippen LogP contribution < -0.4 is 20.1 Å². The van der Waals surface area contributed by atoms with Crippen molar-refractivity contribution in [1.29, 1.82) is 0 Å². The molecule has 0 aromatic heterocycles. The van der Waals surface area contributed by atoms with Crippen LogP contribution in [0.15, 0.2) is 12.1 Å². The van der Waals surface area contributed by atoms with E-state index in [1.807, 2.05) is 0 Å². The number of nitrogens with one attached hydrogen (secondary N) is 2. The van der Waals surface area contributed by atoms with Crippen LogP contribution in [0.5, 0.6) is 11.5 Å². The molecule has 31 heavy (non-hydrogen) atoms. The Morgan fingerprint density at radius 1 is 1.06 bits per heavy atom. The zero-order chi connectivity index (χ0) is 21.4. The molecule has 7 nitrogen and oxygen atoms in total. The minimum absolute atomic E-state index is 0.0457. The maximum Gasteiger partial charge on any atom is 0.321 e. The van der Waals surface area contributed by atoms with E-state index in [2.05, 4.69) is 34.6 Å². The summed E-state index contributed by atoms with van der Waals surface area (Å²) in [6.07, 6.45) is 8.92. The third-order valence-corrected chi connectivity index (χ3v) is 7.64. The largest absolute Gasteiger partial charge is 0.486 e. The number of ether oxygens (including phenoxy) is 2. The Bertz CT molecular complexity index is 859. The first-order chi connectivity index (χ1) is 15.0. The monoisotopic (exact) mass is 427 g/mol. The van der Waals surface area contributed by atoms with Gasteiger partial charge in [0.05, 0.1) is 6.54 Å². The molecule has 1 spiro atoms. The van der Waals surface area contributed by atoms with Gasteiger partial charge in [-0.05, 0) is 55.9 Å². The van der Waals surface area contributed by atoms with Crippen LogP contribution in [0.2, 0.25) is 0 Å². The van der Waals surface area contributed by atoms with Crippen molar-refractivity contribution in [3.63, 3.8) is 0 Å². The molecule has 0 saturated heterocycles. The maximum absolute atomic E-state index is 12.7. The average Bonchev–Trinajstić information content (AvgIpc) is 3.43. The van der Waals surface area contributed by atoms with E-state index in [0.29, 0.717) is 13.2 Å². The Balaban J connectivity index is 1.33. The van der Waals surface area contributed by atoms with Crippen LogP contribution in [-0.2, 0) is 10.2 Å². The highest BCUT2D eigenvalue weighted by Gasteiger charge is 2.45. The summed E-state index contributed by atoms with van der Waals surface area (Å²) in [7, 11) is 0. The Kier molecular flexibility index (Phi) is 5.54. The predicted molar refractivity (Wildman–Crippen MR) is 116 cm³/mol. The lowest BCUT2D eigenvalue weighted by atomic mass is 9.71. The molecule has 2 aliphatic carbocycles. The Morgan fingerprint density at radius 2 is 1.74 bits per heavy atom. The number of nitrogens with zero attached hydrogens (tertiary/aromatic N) is 1. The number of carbonyl (C=O) groups excluding carboxylic acids is 2. The molecule has 0 radical (unpaired) electrons. The molecule has 1 atom stereocenters. The van der Waals surface area contributed by atoms with E-state index in [9.17, 15) is 9.59 Å². The van der Waals surface area contributed by atoms with Gasteiger partial charge in [0.1, 0.15) is 13.2 Å². The number of fused-ring (bicyclic) bond motifs is 3. The summed E-state index contributed by atoms with van der Waals surface area (Å²) in [5, 5.41) is 5.49. The van der Waals surface area contributed by atoms with Crippen molar-refractivity contribution in [3.05, 3.63) is 23.3 Å². The van der Waals surface area contributed by atoms with Crippen molar-refractivity contribution >= 4 is 11.9 Å². The van der Waals surface area contributed by atoms with E-state index < -0.39 is 0 Å². The van der Waals surface area contributed by atoms with Gasteiger partial charge in [0.25, 0.3) is 0 Å². The molecule has 2 fully saturated rings. The number of carbonyl (C=O) groups is 2. The van der Waals surface area contributed by atoms with E-state index in [1.54, 1.807) is 0 Å². The number of amides is 3. The van der Waals surface area contributed by atoms with Gasteiger partial charge in [-0.2, -0.15) is 0 Å². The van der Waals surface area contributed by atoms with E-state index in [-0.39, 0.29) is 36.0 Å².